The summed E-state index contributed by atoms with van der Waals surface area (Å²) in [6, 6.07) is 4.31. The van der Waals surface area contributed by atoms with Gasteiger partial charge in [0.15, 0.2) is 0 Å². The van der Waals surface area contributed by atoms with Gasteiger partial charge in [-0.05, 0) is 56.3 Å². The molecule has 0 unspecified atom stereocenters. The summed E-state index contributed by atoms with van der Waals surface area (Å²) in [6.07, 6.45) is 4.52. The van der Waals surface area contributed by atoms with Crippen LogP contribution < -0.4 is 10.2 Å². The number of pyridine rings is 1. The molecule has 1 saturated heterocycles. The molecule has 3 heterocycles. The summed E-state index contributed by atoms with van der Waals surface area (Å²) < 4.78 is 1.34. The molecule has 3 nitrogen and oxygen atoms in total. The SMILES string of the molecule is CCN(CC1CCNCC1)c1nccc2sccc12. The molecule has 19 heavy (non-hydrogen) atoms. The van der Waals surface area contributed by atoms with Crippen LogP contribution in [0.25, 0.3) is 10.1 Å². The van der Waals surface area contributed by atoms with Crippen LogP contribution in [0.1, 0.15) is 19.8 Å². The topological polar surface area (TPSA) is 28.2 Å². The fourth-order valence-electron chi connectivity index (χ4n) is 2.87. The van der Waals surface area contributed by atoms with Gasteiger partial charge in [0.2, 0.25) is 0 Å². The molecule has 1 aliphatic rings. The lowest BCUT2D eigenvalue weighted by Gasteiger charge is -2.30. The van der Waals surface area contributed by atoms with Crippen LogP contribution in [0, 0.1) is 5.92 Å². The number of thiophene rings is 1. The van der Waals surface area contributed by atoms with E-state index >= 15 is 0 Å². The minimum atomic E-state index is 0.803. The van der Waals surface area contributed by atoms with Crippen molar-refractivity contribution in [2.75, 3.05) is 31.1 Å². The molecule has 0 saturated carbocycles. The average Bonchev–Trinajstić information content (AvgIpc) is 2.94. The van der Waals surface area contributed by atoms with Gasteiger partial charge < -0.3 is 10.2 Å². The second-order valence-corrected chi connectivity index (χ2v) is 6.15. The molecule has 0 bridgehead atoms. The average molecular weight is 275 g/mol. The highest BCUT2D eigenvalue weighted by molar-refractivity contribution is 7.17. The Morgan fingerprint density at radius 3 is 3.00 bits per heavy atom. The largest absolute Gasteiger partial charge is 0.356 e. The smallest absolute Gasteiger partial charge is 0.137 e. The standard InChI is InChI=1S/C15H21N3S/c1-2-18(11-12-3-7-16-8-4-12)15-13-6-10-19-14(13)5-9-17-15/h5-6,9-10,12,16H,2-4,7-8,11H2,1H3. The highest BCUT2D eigenvalue weighted by Gasteiger charge is 2.18. The highest BCUT2D eigenvalue weighted by Crippen LogP contribution is 2.29. The van der Waals surface area contributed by atoms with E-state index in [1.165, 1.54) is 28.7 Å². The van der Waals surface area contributed by atoms with Gasteiger partial charge in [-0.1, -0.05) is 0 Å². The molecule has 0 atom stereocenters. The molecule has 0 radical (unpaired) electrons. The molecule has 1 aliphatic heterocycles. The summed E-state index contributed by atoms with van der Waals surface area (Å²) in [5, 5.41) is 6.91. The van der Waals surface area contributed by atoms with E-state index in [-0.39, 0.29) is 0 Å². The molecule has 4 heteroatoms. The lowest BCUT2D eigenvalue weighted by atomic mass is 9.97. The molecule has 1 N–H and O–H groups in total. The first kappa shape index (κ1) is 12.9. The normalized spacial score (nSPS) is 16.9. The van der Waals surface area contributed by atoms with E-state index in [1.54, 1.807) is 11.3 Å². The van der Waals surface area contributed by atoms with Crippen LogP contribution in [0.3, 0.4) is 0 Å². The first-order valence-electron chi connectivity index (χ1n) is 7.16. The Labute approximate surface area is 118 Å². The van der Waals surface area contributed by atoms with E-state index in [2.05, 4.69) is 39.6 Å². The third kappa shape index (κ3) is 2.74. The van der Waals surface area contributed by atoms with Crippen molar-refractivity contribution >= 4 is 27.2 Å². The Bertz CT molecular complexity index is 531. The predicted octanol–water partition coefficient (Wildman–Crippen LogP) is 3.12. The summed E-state index contributed by atoms with van der Waals surface area (Å²) in [5.74, 6) is 1.97. The first-order chi connectivity index (χ1) is 9.38. The maximum atomic E-state index is 4.63. The lowest BCUT2D eigenvalue weighted by Crippen LogP contribution is -2.36. The highest BCUT2D eigenvalue weighted by atomic mass is 32.1. The minimum Gasteiger partial charge on any atom is -0.356 e. The molecule has 0 spiro atoms. The van der Waals surface area contributed by atoms with Crippen LogP contribution in [-0.4, -0.2) is 31.2 Å². The number of nitrogens with one attached hydrogen (secondary N) is 1. The Morgan fingerprint density at radius 2 is 2.21 bits per heavy atom. The van der Waals surface area contributed by atoms with E-state index in [0.29, 0.717) is 0 Å². The van der Waals surface area contributed by atoms with Crippen molar-refractivity contribution in [3.8, 4) is 0 Å². The summed E-state index contributed by atoms with van der Waals surface area (Å²) in [4.78, 5) is 7.08. The van der Waals surface area contributed by atoms with Gasteiger partial charge in [-0.25, -0.2) is 4.98 Å². The molecule has 102 valence electrons. The van der Waals surface area contributed by atoms with Gasteiger partial charge in [0, 0.05) is 29.4 Å². The van der Waals surface area contributed by atoms with Crippen molar-refractivity contribution in [2.45, 2.75) is 19.8 Å². The molecule has 0 amide bonds. The molecule has 2 aromatic rings. The zero-order valence-electron chi connectivity index (χ0n) is 11.4. The van der Waals surface area contributed by atoms with Gasteiger partial charge in [0.25, 0.3) is 0 Å². The Balaban J connectivity index is 1.82. The molecule has 0 aromatic carbocycles. The lowest BCUT2D eigenvalue weighted by molar-refractivity contribution is 0.374. The number of hydrogen-bond donors (Lipinski definition) is 1. The Hall–Kier alpha value is -1.13. The van der Waals surface area contributed by atoms with E-state index in [0.717, 1.165) is 32.1 Å². The number of fused-ring (bicyclic) bond motifs is 1. The van der Waals surface area contributed by atoms with Crippen molar-refractivity contribution in [3.05, 3.63) is 23.7 Å². The summed E-state index contributed by atoms with van der Waals surface area (Å²) >= 11 is 1.80. The predicted molar refractivity (Wildman–Crippen MR) is 83.1 cm³/mol. The van der Waals surface area contributed by atoms with E-state index in [1.807, 2.05) is 6.20 Å². The fraction of sp³-hybridized carbons (Fsp3) is 0.533. The summed E-state index contributed by atoms with van der Waals surface area (Å²) in [7, 11) is 0. The molecular weight excluding hydrogens is 254 g/mol. The molecule has 2 aromatic heterocycles. The minimum absolute atomic E-state index is 0.803. The molecule has 3 rings (SSSR count). The maximum Gasteiger partial charge on any atom is 0.137 e. The van der Waals surface area contributed by atoms with Crippen molar-refractivity contribution in [3.63, 3.8) is 0 Å². The third-order valence-electron chi connectivity index (χ3n) is 3.98. The monoisotopic (exact) mass is 275 g/mol. The fourth-order valence-corrected chi connectivity index (χ4v) is 3.65. The van der Waals surface area contributed by atoms with Crippen LogP contribution in [0.4, 0.5) is 5.82 Å². The molecular formula is C15H21N3S. The van der Waals surface area contributed by atoms with Gasteiger partial charge >= 0.3 is 0 Å². The van der Waals surface area contributed by atoms with Gasteiger partial charge in [-0.3, -0.25) is 0 Å². The van der Waals surface area contributed by atoms with Gasteiger partial charge in [0.05, 0.1) is 0 Å². The number of piperidine rings is 1. The van der Waals surface area contributed by atoms with Crippen molar-refractivity contribution in [1.82, 2.24) is 10.3 Å². The summed E-state index contributed by atoms with van der Waals surface area (Å²) in [5.41, 5.74) is 0. The van der Waals surface area contributed by atoms with Gasteiger partial charge in [0.1, 0.15) is 5.82 Å². The number of rotatable bonds is 4. The zero-order chi connectivity index (χ0) is 13.1. The van der Waals surface area contributed by atoms with E-state index in [4.69, 9.17) is 0 Å². The Kier molecular flexibility index (Phi) is 3.99. The second kappa shape index (κ2) is 5.88. The van der Waals surface area contributed by atoms with Gasteiger partial charge in [-0.2, -0.15) is 0 Å². The quantitative estimate of drug-likeness (QED) is 0.929. The van der Waals surface area contributed by atoms with Crippen LogP contribution >= 0.6 is 11.3 Å². The maximum absolute atomic E-state index is 4.63. The van der Waals surface area contributed by atoms with Crippen molar-refractivity contribution in [1.29, 1.82) is 0 Å². The Morgan fingerprint density at radius 1 is 1.37 bits per heavy atom. The third-order valence-corrected chi connectivity index (χ3v) is 4.86. The molecule has 0 aliphatic carbocycles. The zero-order valence-corrected chi connectivity index (χ0v) is 12.2. The van der Waals surface area contributed by atoms with Crippen molar-refractivity contribution < 1.29 is 0 Å². The van der Waals surface area contributed by atoms with E-state index in [9.17, 15) is 0 Å². The van der Waals surface area contributed by atoms with Crippen LogP contribution in [0.2, 0.25) is 0 Å². The number of aromatic nitrogens is 1. The summed E-state index contributed by atoms with van der Waals surface area (Å²) in [6.45, 7) is 6.73. The van der Waals surface area contributed by atoms with Gasteiger partial charge in [-0.15, -0.1) is 11.3 Å². The van der Waals surface area contributed by atoms with Crippen LogP contribution in [0.5, 0.6) is 0 Å². The van der Waals surface area contributed by atoms with Crippen LogP contribution in [-0.2, 0) is 0 Å². The number of hydrogen-bond acceptors (Lipinski definition) is 4. The first-order valence-corrected chi connectivity index (χ1v) is 8.04. The van der Waals surface area contributed by atoms with Crippen LogP contribution in [0.15, 0.2) is 23.7 Å². The second-order valence-electron chi connectivity index (χ2n) is 5.20. The van der Waals surface area contributed by atoms with E-state index < -0.39 is 0 Å². The molecule has 1 fully saturated rings. The number of anilines is 1. The van der Waals surface area contributed by atoms with Crippen molar-refractivity contribution in [2.24, 2.45) is 5.92 Å². The number of nitrogens with zero attached hydrogens (tertiary/aromatic N) is 2.